The van der Waals surface area contributed by atoms with E-state index in [0.717, 1.165) is 4.88 Å². The van der Waals surface area contributed by atoms with Gasteiger partial charge in [-0.05, 0) is 17.9 Å². The zero-order valence-corrected chi connectivity index (χ0v) is 10.9. The van der Waals surface area contributed by atoms with Crippen LogP contribution in [0.2, 0.25) is 0 Å². The molecule has 2 heterocycles. The molecule has 100 valence electrons. The minimum atomic E-state index is -1.07. The van der Waals surface area contributed by atoms with E-state index in [1.807, 2.05) is 17.5 Å². The van der Waals surface area contributed by atoms with Crippen molar-refractivity contribution in [1.82, 2.24) is 10.5 Å². The second-order valence-electron chi connectivity index (χ2n) is 3.83. The van der Waals surface area contributed by atoms with Crippen molar-refractivity contribution in [3.8, 4) is 10.6 Å². The first-order valence-electron chi connectivity index (χ1n) is 5.66. The smallest absolute Gasteiger partial charge is 0.326 e. The molecule has 0 radical (unpaired) electrons. The Morgan fingerprint density at radius 3 is 2.95 bits per heavy atom. The number of carboxylic acid groups (broad SMARTS) is 1. The van der Waals surface area contributed by atoms with Gasteiger partial charge in [-0.3, -0.25) is 4.79 Å². The molecule has 1 amide bonds. The number of hydrogen-bond donors (Lipinski definition) is 2. The highest BCUT2D eigenvalue weighted by molar-refractivity contribution is 7.13. The third-order valence-electron chi connectivity index (χ3n) is 2.52. The molecule has 0 aliphatic heterocycles. The number of aromatic nitrogens is 1. The van der Waals surface area contributed by atoms with E-state index >= 15 is 0 Å². The number of thiophene rings is 1. The lowest BCUT2D eigenvalue weighted by Gasteiger charge is -2.10. The Balaban J connectivity index is 2.10. The van der Waals surface area contributed by atoms with Crippen LogP contribution in [0.5, 0.6) is 0 Å². The van der Waals surface area contributed by atoms with Crippen molar-refractivity contribution in [3.05, 3.63) is 29.3 Å². The number of nitrogens with zero attached hydrogens (tertiary/aromatic N) is 1. The van der Waals surface area contributed by atoms with Crippen molar-refractivity contribution in [2.24, 2.45) is 0 Å². The lowest BCUT2D eigenvalue weighted by molar-refractivity contribution is -0.139. The molecule has 0 aromatic carbocycles. The number of nitrogens with one attached hydrogen (secondary N) is 1. The number of carbonyl (C=O) groups is 2. The molecule has 0 aliphatic rings. The van der Waals surface area contributed by atoms with Gasteiger partial charge in [0.2, 0.25) is 0 Å². The minimum absolute atomic E-state index is 0.0723. The standard InChI is InChI=1S/C12H12N2O4S/c1-2-7(12(16)17)13-11(15)8-6-9(18-14-8)10-4-3-5-19-10/h3-7H,2H2,1H3,(H,13,15)(H,16,17). The summed E-state index contributed by atoms with van der Waals surface area (Å²) in [5.41, 5.74) is 0.0723. The van der Waals surface area contributed by atoms with Crippen LogP contribution in [0.15, 0.2) is 28.1 Å². The van der Waals surface area contributed by atoms with E-state index in [0.29, 0.717) is 12.2 Å². The Bertz CT molecular complexity index is 576. The molecule has 2 N–H and O–H groups in total. The van der Waals surface area contributed by atoms with Crippen LogP contribution >= 0.6 is 11.3 Å². The van der Waals surface area contributed by atoms with Gasteiger partial charge in [0.1, 0.15) is 6.04 Å². The summed E-state index contributed by atoms with van der Waals surface area (Å²) in [5.74, 6) is -1.14. The third-order valence-corrected chi connectivity index (χ3v) is 3.40. The molecule has 0 bridgehead atoms. The summed E-state index contributed by atoms with van der Waals surface area (Å²) >= 11 is 1.46. The topological polar surface area (TPSA) is 92.4 Å². The zero-order chi connectivity index (χ0) is 13.8. The molecule has 2 aromatic heterocycles. The Morgan fingerprint density at radius 2 is 2.37 bits per heavy atom. The van der Waals surface area contributed by atoms with Gasteiger partial charge in [-0.25, -0.2) is 4.79 Å². The number of carbonyl (C=O) groups excluding carboxylic acids is 1. The van der Waals surface area contributed by atoms with Gasteiger partial charge in [-0.2, -0.15) is 0 Å². The molecule has 0 saturated heterocycles. The first-order valence-corrected chi connectivity index (χ1v) is 6.54. The summed E-state index contributed by atoms with van der Waals surface area (Å²) < 4.78 is 5.06. The van der Waals surface area contributed by atoms with E-state index in [1.54, 1.807) is 6.92 Å². The second kappa shape index (κ2) is 5.66. The van der Waals surface area contributed by atoms with Crippen molar-refractivity contribution in [2.75, 3.05) is 0 Å². The molecule has 19 heavy (non-hydrogen) atoms. The van der Waals surface area contributed by atoms with Gasteiger partial charge in [0, 0.05) is 6.07 Å². The van der Waals surface area contributed by atoms with Crippen molar-refractivity contribution < 1.29 is 19.2 Å². The molecule has 2 rings (SSSR count). The number of carboxylic acids is 1. The van der Waals surface area contributed by atoms with Crippen LogP contribution in [-0.4, -0.2) is 28.2 Å². The highest BCUT2D eigenvalue weighted by atomic mass is 32.1. The Hall–Kier alpha value is -2.15. The largest absolute Gasteiger partial charge is 0.480 e. The van der Waals surface area contributed by atoms with Gasteiger partial charge < -0.3 is 14.9 Å². The molecule has 7 heteroatoms. The maximum absolute atomic E-state index is 11.8. The van der Waals surface area contributed by atoms with Crippen LogP contribution < -0.4 is 5.32 Å². The van der Waals surface area contributed by atoms with Crippen molar-refractivity contribution >= 4 is 23.2 Å². The van der Waals surface area contributed by atoms with Gasteiger partial charge in [-0.15, -0.1) is 11.3 Å². The Kier molecular flexibility index (Phi) is 3.96. The fourth-order valence-corrected chi connectivity index (χ4v) is 2.16. The van der Waals surface area contributed by atoms with E-state index in [9.17, 15) is 9.59 Å². The van der Waals surface area contributed by atoms with Gasteiger partial charge in [0.05, 0.1) is 4.88 Å². The fraction of sp³-hybridized carbons (Fsp3) is 0.250. The summed E-state index contributed by atoms with van der Waals surface area (Å²) in [6, 6.07) is 4.28. The number of hydrogen-bond acceptors (Lipinski definition) is 5. The molecule has 0 saturated carbocycles. The van der Waals surface area contributed by atoms with Crippen LogP contribution in [0, 0.1) is 0 Å². The maximum atomic E-state index is 11.8. The van der Waals surface area contributed by atoms with Crippen molar-refractivity contribution in [1.29, 1.82) is 0 Å². The fourth-order valence-electron chi connectivity index (χ4n) is 1.49. The quantitative estimate of drug-likeness (QED) is 0.873. The highest BCUT2D eigenvalue weighted by Crippen LogP contribution is 2.25. The molecule has 2 aromatic rings. The van der Waals surface area contributed by atoms with E-state index < -0.39 is 17.9 Å². The normalized spacial score (nSPS) is 12.1. The third kappa shape index (κ3) is 3.00. The van der Waals surface area contributed by atoms with Gasteiger partial charge in [0.15, 0.2) is 11.5 Å². The van der Waals surface area contributed by atoms with Crippen LogP contribution in [-0.2, 0) is 4.79 Å². The van der Waals surface area contributed by atoms with Crippen LogP contribution in [0.25, 0.3) is 10.6 Å². The summed E-state index contributed by atoms with van der Waals surface area (Å²) in [4.78, 5) is 23.5. The minimum Gasteiger partial charge on any atom is -0.480 e. The monoisotopic (exact) mass is 280 g/mol. The molecule has 0 fully saturated rings. The predicted octanol–water partition coefficient (Wildman–Crippen LogP) is 2.00. The van der Waals surface area contributed by atoms with Crippen LogP contribution in [0.4, 0.5) is 0 Å². The van der Waals surface area contributed by atoms with Crippen molar-refractivity contribution in [3.63, 3.8) is 0 Å². The Morgan fingerprint density at radius 1 is 1.58 bits per heavy atom. The zero-order valence-electron chi connectivity index (χ0n) is 10.1. The van der Waals surface area contributed by atoms with E-state index in [2.05, 4.69) is 10.5 Å². The van der Waals surface area contributed by atoms with E-state index in [4.69, 9.17) is 9.63 Å². The lowest BCUT2D eigenvalue weighted by atomic mass is 10.2. The molecular weight excluding hydrogens is 268 g/mol. The average Bonchev–Trinajstić information content (AvgIpc) is 3.04. The summed E-state index contributed by atoms with van der Waals surface area (Å²) in [6.07, 6.45) is 0.302. The number of aliphatic carboxylic acids is 1. The van der Waals surface area contributed by atoms with Gasteiger partial charge in [-0.1, -0.05) is 18.1 Å². The van der Waals surface area contributed by atoms with E-state index in [1.165, 1.54) is 17.4 Å². The molecule has 1 atom stereocenters. The van der Waals surface area contributed by atoms with Gasteiger partial charge >= 0.3 is 5.97 Å². The summed E-state index contributed by atoms with van der Waals surface area (Å²) in [7, 11) is 0. The molecule has 0 spiro atoms. The molecular formula is C12H12N2O4S. The predicted molar refractivity (Wildman–Crippen MR) is 69.0 cm³/mol. The van der Waals surface area contributed by atoms with E-state index in [-0.39, 0.29) is 5.69 Å². The lowest BCUT2D eigenvalue weighted by Crippen LogP contribution is -2.40. The average molecular weight is 280 g/mol. The first kappa shape index (κ1) is 13.3. The highest BCUT2D eigenvalue weighted by Gasteiger charge is 2.21. The van der Waals surface area contributed by atoms with Crippen LogP contribution in [0.1, 0.15) is 23.8 Å². The maximum Gasteiger partial charge on any atom is 0.326 e. The Labute approximate surface area is 113 Å². The summed E-state index contributed by atoms with van der Waals surface area (Å²) in [5, 5.41) is 16.8. The first-order chi connectivity index (χ1) is 9.11. The molecule has 1 unspecified atom stereocenters. The number of rotatable bonds is 5. The van der Waals surface area contributed by atoms with Crippen molar-refractivity contribution in [2.45, 2.75) is 19.4 Å². The second-order valence-corrected chi connectivity index (χ2v) is 4.77. The molecule has 0 aliphatic carbocycles. The van der Waals surface area contributed by atoms with Gasteiger partial charge in [0.25, 0.3) is 5.91 Å². The SMILES string of the molecule is CCC(NC(=O)c1cc(-c2cccs2)on1)C(=O)O. The molecule has 6 nitrogen and oxygen atoms in total. The number of amides is 1. The summed E-state index contributed by atoms with van der Waals surface area (Å²) in [6.45, 7) is 1.68. The van der Waals surface area contributed by atoms with Crippen LogP contribution in [0.3, 0.4) is 0 Å².